The highest BCUT2D eigenvalue weighted by Gasteiger charge is 2.25. The summed E-state index contributed by atoms with van der Waals surface area (Å²) in [5.41, 5.74) is 1.28. The Bertz CT molecular complexity index is 902. The third-order valence-electron chi connectivity index (χ3n) is 5.98. The van der Waals surface area contributed by atoms with Crippen molar-refractivity contribution in [1.29, 1.82) is 0 Å². The van der Waals surface area contributed by atoms with Crippen LogP contribution in [0.2, 0.25) is 0 Å². The number of amides is 1. The van der Waals surface area contributed by atoms with Crippen LogP contribution in [-0.4, -0.2) is 24.9 Å². The second kappa shape index (κ2) is 13.9. The lowest BCUT2D eigenvalue weighted by Gasteiger charge is -2.28. The fraction of sp³-hybridized carbons (Fsp3) is 0.500. The van der Waals surface area contributed by atoms with E-state index in [1.165, 1.54) is 0 Å². The highest BCUT2D eigenvalue weighted by Crippen LogP contribution is 2.27. The second-order valence-corrected chi connectivity index (χ2v) is 10.0. The van der Waals surface area contributed by atoms with E-state index in [0.717, 1.165) is 36.3 Å². The van der Waals surface area contributed by atoms with Crippen LogP contribution in [0.15, 0.2) is 66.9 Å². The number of methoxy groups -OCH3 is 1. The summed E-state index contributed by atoms with van der Waals surface area (Å²) in [6.45, 7) is 12.8. The average molecular weight is 482 g/mol. The zero-order chi connectivity index (χ0) is 25.8. The molecule has 5 heteroatoms. The van der Waals surface area contributed by atoms with Gasteiger partial charge in [-0.05, 0) is 69.4 Å². The lowest BCUT2D eigenvalue weighted by atomic mass is 9.88. The normalized spacial score (nSPS) is 14.4. The molecule has 0 radical (unpaired) electrons. The van der Waals surface area contributed by atoms with Gasteiger partial charge in [-0.2, -0.15) is 0 Å². The third kappa shape index (κ3) is 9.77. The minimum Gasteiger partial charge on any atom is -0.497 e. The van der Waals surface area contributed by atoms with Crippen LogP contribution in [0.4, 0.5) is 10.5 Å². The first-order valence-corrected chi connectivity index (χ1v) is 12.7. The molecule has 2 rings (SSSR count). The van der Waals surface area contributed by atoms with Gasteiger partial charge in [0.2, 0.25) is 0 Å². The molecule has 0 saturated carbocycles. The Balaban J connectivity index is 2.31. The summed E-state index contributed by atoms with van der Waals surface area (Å²) in [5.74, 6) is 1.42. The molecule has 1 amide bonds. The van der Waals surface area contributed by atoms with Gasteiger partial charge in [0.1, 0.15) is 11.4 Å². The maximum atomic E-state index is 13.1. The molecule has 3 atom stereocenters. The summed E-state index contributed by atoms with van der Waals surface area (Å²) in [7, 11) is 1.63. The van der Waals surface area contributed by atoms with Crippen LogP contribution in [0.25, 0.3) is 0 Å². The Kier molecular flexibility index (Phi) is 11.3. The van der Waals surface area contributed by atoms with Gasteiger partial charge in [0, 0.05) is 12.1 Å². The van der Waals surface area contributed by atoms with Gasteiger partial charge in [0.25, 0.3) is 0 Å². The molecule has 0 bridgehead atoms. The number of ether oxygens (including phenoxy) is 3. The first kappa shape index (κ1) is 28.4. The number of carbonyl (C=O) groups excluding carboxylic acids is 1. The molecule has 0 aliphatic rings. The highest BCUT2D eigenvalue weighted by molar-refractivity contribution is 5.90. The van der Waals surface area contributed by atoms with Crippen molar-refractivity contribution in [2.24, 2.45) is 11.8 Å². The number of nitrogens with zero attached hydrogens (tertiary/aromatic N) is 1. The van der Waals surface area contributed by atoms with E-state index >= 15 is 0 Å². The smallest absolute Gasteiger partial charge is 0.418 e. The van der Waals surface area contributed by atoms with E-state index in [2.05, 4.69) is 39.0 Å². The summed E-state index contributed by atoms with van der Waals surface area (Å²) in [6.07, 6.45) is 6.53. The number of carbonyl (C=O) groups is 1. The standard InChI is InChI=1S/C30H43NO4/c1-8-23(3)21-25(28(9-2)34-22-24-13-11-10-12-14-24)19-20-31(29(32)35-30(4,5)6)26-15-17-27(33-7)18-16-26/h10-20,23,25,28H,8-9,21-22H2,1-7H3/b20-19+/t23-,25+,28+/m0/s1. The van der Waals surface area contributed by atoms with E-state index in [9.17, 15) is 4.79 Å². The van der Waals surface area contributed by atoms with Gasteiger partial charge in [-0.15, -0.1) is 0 Å². The number of hydrogen-bond donors (Lipinski definition) is 0. The van der Waals surface area contributed by atoms with Crippen LogP contribution >= 0.6 is 0 Å². The van der Waals surface area contributed by atoms with Crippen molar-refractivity contribution in [3.05, 3.63) is 72.4 Å². The van der Waals surface area contributed by atoms with Crippen molar-refractivity contribution in [3.63, 3.8) is 0 Å². The summed E-state index contributed by atoms with van der Waals surface area (Å²) >= 11 is 0. The van der Waals surface area contributed by atoms with Crippen LogP contribution in [-0.2, 0) is 16.1 Å². The first-order valence-electron chi connectivity index (χ1n) is 12.7. The number of anilines is 1. The fourth-order valence-electron chi connectivity index (χ4n) is 3.81. The quantitative estimate of drug-likeness (QED) is 0.308. The van der Waals surface area contributed by atoms with Crippen molar-refractivity contribution in [1.82, 2.24) is 0 Å². The average Bonchev–Trinajstić information content (AvgIpc) is 2.84. The van der Waals surface area contributed by atoms with E-state index in [-0.39, 0.29) is 12.0 Å². The highest BCUT2D eigenvalue weighted by atomic mass is 16.6. The van der Waals surface area contributed by atoms with Crippen molar-refractivity contribution < 1.29 is 19.0 Å². The predicted octanol–water partition coefficient (Wildman–Crippen LogP) is 8.00. The van der Waals surface area contributed by atoms with Crippen molar-refractivity contribution >= 4 is 11.8 Å². The number of hydrogen-bond acceptors (Lipinski definition) is 4. The number of benzene rings is 2. The molecule has 0 heterocycles. The van der Waals surface area contributed by atoms with Gasteiger partial charge < -0.3 is 14.2 Å². The maximum absolute atomic E-state index is 13.1. The number of rotatable bonds is 12. The van der Waals surface area contributed by atoms with Gasteiger partial charge in [-0.3, -0.25) is 4.90 Å². The Morgan fingerprint density at radius 3 is 2.20 bits per heavy atom. The van der Waals surface area contributed by atoms with Crippen LogP contribution in [0.1, 0.15) is 66.4 Å². The zero-order valence-electron chi connectivity index (χ0n) is 22.5. The molecule has 0 aliphatic carbocycles. The summed E-state index contributed by atoms with van der Waals surface area (Å²) in [6, 6.07) is 17.7. The fourth-order valence-corrected chi connectivity index (χ4v) is 3.81. The molecule has 0 aliphatic heterocycles. The summed E-state index contributed by atoms with van der Waals surface area (Å²) < 4.78 is 17.4. The molecule has 2 aromatic rings. The van der Waals surface area contributed by atoms with Crippen molar-refractivity contribution in [3.8, 4) is 5.75 Å². The van der Waals surface area contributed by atoms with E-state index in [0.29, 0.717) is 12.5 Å². The first-order chi connectivity index (χ1) is 16.7. The maximum Gasteiger partial charge on any atom is 0.418 e. The molecule has 5 nitrogen and oxygen atoms in total. The molecule has 0 unspecified atom stereocenters. The SMILES string of the molecule is CC[C@H](C)C[C@@H](/C=C/N(C(=O)OC(C)(C)C)c1ccc(OC)cc1)[C@@H](CC)OCc1ccccc1. The molecule has 0 spiro atoms. The molecule has 192 valence electrons. The van der Waals surface area contributed by atoms with E-state index in [1.807, 2.05) is 69.4 Å². The molecular formula is C30H43NO4. The minimum absolute atomic E-state index is 0.0387. The van der Waals surface area contributed by atoms with Gasteiger partial charge in [0.05, 0.1) is 25.5 Å². The summed E-state index contributed by atoms with van der Waals surface area (Å²) in [4.78, 5) is 14.7. The minimum atomic E-state index is -0.601. The van der Waals surface area contributed by atoms with Crippen molar-refractivity contribution in [2.45, 2.75) is 79.1 Å². The van der Waals surface area contributed by atoms with Gasteiger partial charge in [0.15, 0.2) is 0 Å². The largest absolute Gasteiger partial charge is 0.497 e. The van der Waals surface area contributed by atoms with Crippen LogP contribution in [0.5, 0.6) is 5.75 Å². The Morgan fingerprint density at radius 2 is 1.66 bits per heavy atom. The van der Waals surface area contributed by atoms with Crippen LogP contribution in [0.3, 0.4) is 0 Å². The molecule has 35 heavy (non-hydrogen) atoms. The lowest BCUT2D eigenvalue weighted by molar-refractivity contribution is 0.00550. The predicted molar refractivity (Wildman–Crippen MR) is 144 cm³/mol. The Labute approximate surface area is 212 Å². The van der Waals surface area contributed by atoms with E-state index in [1.54, 1.807) is 12.0 Å². The molecule has 0 aromatic heterocycles. The van der Waals surface area contributed by atoms with E-state index < -0.39 is 11.7 Å². The molecule has 2 aromatic carbocycles. The molecule has 0 N–H and O–H groups in total. The Morgan fingerprint density at radius 1 is 1.00 bits per heavy atom. The molecule has 0 fully saturated rings. The van der Waals surface area contributed by atoms with Gasteiger partial charge in [-0.25, -0.2) is 4.79 Å². The molecular weight excluding hydrogens is 438 g/mol. The van der Waals surface area contributed by atoms with E-state index in [4.69, 9.17) is 14.2 Å². The zero-order valence-corrected chi connectivity index (χ0v) is 22.5. The topological polar surface area (TPSA) is 48.0 Å². The van der Waals surface area contributed by atoms with Crippen molar-refractivity contribution in [2.75, 3.05) is 12.0 Å². The Hall–Kier alpha value is -2.79. The monoisotopic (exact) mass is 481 g/mol. The van der Waals surface area contributed by atoms with Crippen LogP contribution < -0.4 is 9.64 Å². The van der Waals surface area contributed by atoms with Crippen LogP contribution in [0, 0.1) is 11.8 Å². The van der Waals surface area contributed by atoms with Gasteiger partial charge >= 0.3 is 6.09 Å². The third-order valence-corrected chi connectivity index (χ3v) is 5.98. The lowest BCUT2D eigenvalue weighted by Crippen LogP contribution is -2.34. The second-order valence-electron chi connectivity index (χ2n) is 10.0. The van der Waals surface area contributed by atoms with Gasteiger partial charge in [-0.1, -0.05) is 63.6 Å². The molecule has 0 saturated heterocycles. The summed E-state index contributed by atoms with van der Waals surface area (Å²) in [5, 5.41) is 0.